The highest BCUT2D eigenvalue weighted by atomic mass is 32.2. The lowest BCUT2D eigenvalue weighted by molar-refractivity contribution is -0.122. The van der Waals surface area contributed by atoms with Gasteiger partial charge in [0.1, 0.15) is 18.3 Å². The first-order valence-electron chi connectivity index (χ1n) is 9.36. The lowest BCUT2D eigenvalue weighted by Gasteiger charge is -2.19. The second-order valence-corrected chi connectivity index (χ2v) is 8.92. The number of halogens is 2. The van der Waals surface area contributed by atoms with Gasteiger partial charge in [-0.3, -0.25) is 9.59 Å². The van der Waals surface area contributed by atoms with Gasteiger partial charge in [-0.1, -0.05) is 35.9 Å². The molecule has 0 spiro atoms. The summed E-state index contributed by atoms with van der Waals surface area (Å²) in [5.74, 6) is -3.36. The van der Waals surface area contributed by atoms with Crippen LogP contribution in [0.3, 0.4) is 0 Å². The number of para-hydroxylation sites is 1. The largest absolute Gasteiger partial charge is 0.435 e. The zero-order valence-electron chi connectivity index (χ0n) is 17.0. The van der Waals surface area contributed by atoms with E-state index in [9.17, 15) is 26.8 Å². The van der Waals surface area contributed by atoms with Gasteiger partial charge in [-0.15, -0.1) is 0 Å². The summed E-state index contributed by atoms with van der Waals surface area (Å²) in [7, 11) is -4.08. The van der Waals surface area contributed by atoms with Gasteiger partial charge in [0.2, 0.25) is 5.91 Å². The zero-order valence-corrected chi connectivity index (χ0v) is 17.9. The van der Waals surface area contributed by atoms with Gasteiger partial charge in [0.15, 0.2) is 9.84 Å². The third kappa shape index (κ3) is 7.63. The maximum Gasteiger partial charge on any atom is 0.387 e. The third-order valence-corrected chi connectivity index (χ3v) is 5.82. The maximum atomic E-state index is 12.8. The molecule has 0 radical (unpaired) electrons. The van der Waals surface area contributed by atoms with E-state index >= 15 is 0 Å². The molecule has 8 nitrogen and oxygen atoms in total. The number of carbonyl (C=O) groups is 2. The second kappa shape index (κ2) is 11.2. The molecular formula is C21H21F2N3O5S. The van der Waals surface area contributed by atoms with Crippen molar-refractivity contribution >= 4 is 21.7 Å². The fraction of sp³-hybridized carbons (Fsp3) is 0.286. The monoisotopic (exact) mass is 465 g/mol. The third-order valence-electron chi connectivity index (χ3n) is 4.23. The quantitative estimate of drug-likeness (QED) is 0.517. The number of nitrogens with zero attached hydrogens (tertiary/aromatic N) is 1. The molecule has 0 heterocycles. The van der Waals surface area contributed by atoms with Crippen LogP contribution in [0, 0.1) is 18.3 Å². The van der Waals surface area contributed by atoms with Crippen molar-refractivity contribution in [3.8, 4) is 11.8 Å². The first kappa shape index (κ1) is 24.7. The number of hydrogen-bond donors (Lipinski definition) is 2. The van der Waals surface area contributed by atoms with Crippen molar-refractivity contribution in [2.75, 3.05) is 12.3 Å². The normalized spacial score (nSPS) is 12.0. The average molecular weight is 465 g/mol. The Morgan fingerprint density at radius 3 is 2.53 bits per heavy atom. The molecule has 2 rings (SSSR count). The fourth-order valence-electron chi connectivity index (χ4n) is 2.84. The van der Waals surface area contributed by atoms with Crippen LogP contribution in [0.25, 0.3) is 0 Å². The number of nitriles is 1. The Kier molecular flexibility index (Phi) is 8.66. The number of ether oxygens (including phenoxy) is 1. The number of hydrogen-bond acceptors (Lipinski definition) is 6. The van der Waals surface area contributed by atoms with Crippen LogP contribution < -0.4 is 15.4 Å². The van der Waals surface area contributed by atoms with Crippen LogP contribution in [0.4, 0.5) is 8.78 Å². The zero-order chi connectivity index (χ0) is 23.7. The minimum absolute atomic E-state index is 0.0195. The second-order valence-electron chi connectivity index (χ2n) is 6.81. The van der Waals surface area contributed by atoms with Crippen LogP contribution in [0.1, 0.15) is 21.5 Å². The van der Waals surface area contributed by atoms with Crippen LogP contribution >= 0.6 is 0 Å². The molecule has 0 saturated carbocycles. The Bertz CT molecular complexity index is 1120. The van der Waals surface area contributed by atoms with Gasteiger partial charge < -0.3 is 15.4 Å². The molecule has 2 N–H and O–H groups in total. The van der Waals surface area contributed by atoms with Crippen LogP contribution in [-0.2, 0) is 20.4 Å². The molecule has 2 amide bonds. The Balaban J connectivity index is 2.23. The number of amides is 2. The highest BCUT2D eigenvalue weighted by Crippen LogP contribution is 2.23. The Labute approximate surface area is 184 Å². The molecule has 32 heavy (non-hydrogen) atoms. The Hall–Kier alpha value is -3.52. The summed E-state index contributed by atoms with van der Waals surface area (Å²) in [4.78, 5) is 25.0. The van der Waals surface area contributed by atoms with E-state index in [1.165, 1.54) is 30.3 Å². The molecule has 2 aromatic rings. The van der Waals surface area contributed by atoms with Gasteiger partial charge in [0, 0.05) is 11.1 Å². The highest BCUT2D eigenvalue weighted by Gasteiger charge is 2.28. The number of alkyl halides is 2. The first-order valence-corrected chi connectivity index (χ1v) is 11.2. The van der Waals surface area contributed by atoms with Crippen molar-refractivity contribution in [2.45, 2.75) is 25.3 Å². The van der Waals surface area contributed by atoms with E-state index in [0.29, 0.717) is 0 Å². The number of rotatable bonds is 10. The molecule has 0 aliphatic heterocycles. The van der Waals surface area contributed by atoms with Crippen LogP contribution in [-0.4, -0.2) is 45.2 Å². The molecule has 0 saturated heterocycles. The van der Waals surface area contributed by atoms with Crippen LogP contribution in [0.2, 0.25) is 0 Å². The van der Waals surface area contributed by atoms with Crippen molar-refractivity contribution in [1.29, 1.82) is 5.26 Å². The van der Waals surface area contributed by atoms with Crippen molar-refractivity contribution in [2.24, 2.45) is 0 Å². The van der Waals surface area contributed by atoms with Gasteiger partial charge in [0.25, 0.3) is 5.91 Å². The minimum atomic E-state index is -4.08. The molecule has 0 aromatic heterocycles. The molecule has 0 bridgehead atoms. The Morgan fingerprint density at radius 2 is 1.88 bits per heavy atom. The molecule has 1 unspecified atom stereocenters. The summed E-state index contributed by atoms with van der Waals surface area (Å²) in [6.07, 6.45) is 0. The molecule has 0 fully saturated rings. The topological polar surface area (TPSA) is 125 Å². The van der Waals surface area contributed by atoms with E-state index in [-0.39, 0.29) is 23.4 Å². The molecule has 11 heteroatoms. The van der Waals surface area contributed by atoms with E-state index in [0.717, 1.165) is 5.56 Å². The van der Waals surface area contributed by atoms with E-state index in [1.54, 1.807) is 31.2 Å². The fourth-order valence-corrected chi connectivity index (χ4v) is 4.42. The van der Waals surface area contributed by atoms with Crippen LogP contribution in [0.15, 0.2) is 48.5 Å². The van der Waals surface area contributed by atoms with Crippen molar-refractivity contribution < 1.29 is 31.5 Å². The lowest BCUT2D eigenvalue weighted by atomic mass is 10.1. The predicted molar refractivity (Wildman–Crippen MR) is 112 cm³/mol. The Morgan fingerprint density at radius 1 is 1.16 bits per heavy atom. The molecule has 1 atom stereocenters. The number of sulfone groups is 1. The standard InChI is InChI=1S/C21H21F2N3O5S/c1-14-5-4-7-15(11-14)19(27)26-17(20(28)25-10-9-24)13-32(29,30)12-16-6-2-3-8-18(16)31-21(22)23/h2-8,11,17,21H,10,12-13H2,1H3,(H,25,28)(H,26,27). The summed E-state index contributed by atoms with van der Waals surface area (Å²) in [6, 6.07) is 12.0. The lowest BCUT2D eigenvalue weighted by Crippen LogP contribution is -2.50. The number of nitrogens with one attached hydrogen (secondary N) is 2. The summed E-state index contributed by atoms with van der Waals surface area (Å²) in [6.45, 7) is -1.77. The van der Waals surface area contributed by atoms with Gasteiger partial charge in [-0.05, 0) is 25.1 Å². The minimum Gasteiger partial charge on any atom is -0.435 e. The predicted octanol–water partition coefficient (Wildman–Crippen LogP) is 1.95. The van der Waals surface area contributed by atoms with Gasteiger partial charge in [-0.25, -0.2) is 8.42 Å². The summed E-state index contributed by atoms with van der Waals surface area (Å²) in [5, 5.41) is 13.3. The van der Waals surface area contributed by atoms with Gasteiger partial charge in [-0.2, -0.15) is 14.0 Å². The van der Waals surface area contributed by atoms with Crippen molar-refractivity contribution in [3.05, 3.63) is 65.2 Å². The summed E-state index contributed by atoms with van der Waals surface area (Å²) >= 11 is 0. The number of aryl methyl sites for hydroxylation is 1. The van der Waals surface area contributed by atoms with Gasteiger partial charge in [0.05, 0.1) is 17.6 Å². The molecule has 170 valence electrons. The summed E-state index contributed by atoms with van der Waals surface area (Å²) in [5.41, 5.74) is 0.983. The van der Waals surface area contributed by atoms with E-state index in [2.05, 4.69) is 15.4 Å². The van der Waals surface area contributed by atoms with E-state index in [1.807, 2.05) is 0 Å². The number of carbonyl (C=O) groups excluding carboxylic acids is 2. The summed E-state index contributed by atoms with van der Waals surface area (Å²) < 4.78 is 55.1. The highest BCUT2D eigenvalue weighted by molar-refractivity contribution is 7.90. The average Bonchev–Trinajstić information content (AvgIpc) is 2.72. The van der Waals surface area contributed by atoms with Crippen molar-refractivity contribution in [1.82, 2.24) is 10.6 Å². The van der Waals surface area contributed by atoms with Crippen LogP contribution in [0.5, 0.6) is 5.75 Å². The number of benzene rings is 2. The molecule has 0 aliphatic rings. The van der Waals surface area contributed by atoms with Gasteiger partial charge >= 0.3 is 6.61 Å². The molecular weight excluding hydrogens is 444 g/mol. The maximum absolute atomic E-state index is 12.8. The van der Waals surface area contributed by atoms with Crippen molar-refractivity contribution in [3.63, 3.8) is 0 Å². The SMILES string of the molecule is Cc1cccc(C(=O)NC(CS(=O)(=O)Cc2ccccc2OC(F)F)C(=O)NCC#N)c1. The first-order chi connectivity index (χ1) is 15.1. The molecule has 0 aliphatic carbocycles. The van der Waals surface area contributed by atoms with E-state index in [4.69, 9.17) is 5.26 Å². The van der Waals surface area contributed by atoms with E-state index < -0.39 is 45.8 Å². The smallest absolute Gasteiger partial charge is 0.387 e. The molecule has 2 aromatic carbocycles.